The molecule has 0 aromatic carbocycles. The molecule has 0 saturated heterocycles. The van der Waals surface area contributed by atoms with E-state index in [1.54, 1.807) is 6.20 Å². The van der Waals surface area contributed by atoms with Gasteiger partial charge < -0.3 is 10.4 Å². The fourth-order valence-corrected chi connectivity index (χ4v) is 2.24. The van der Waals surface area contributed by atoms with Crippen LogP contribution in [0, 0.1) is 6.92 Å². The normalized spacial score (nSPS) is 19.1. The highest BCUT2D eigenvalue weighted by molar-refractivity contribution is 5.45. The highest BCUT2D eigenvalue weighted by atomic mass is 16.3. The van der Waals surface area contributed by atoms with Crippen molar-refractivity contribution < 1.29 is 5.11 Å². The Kier molecular flexibility index (Phi) is 2.91. The van der Waals surface area contributed by atoms with Crippen LogP contribution in [0.15, 0.2) is 18.3 Å². The van der Waals surface area contributed by atoms with Gasteiger partial charge in [-0.25, -0.2) is 4.98 Å². The Balaban J connectivity index is 2.16. The van der Waals surface area contributed by atoms with Crippen molar-refractivity contribution >= 4 is 5.82 Å². The minimum Gasteiger partial charge on any atom is -0.394 e. The van der Waals surface area contributed by atoms with Gasteiger partial charge in [0.05, 0.1) is 12.1 Å². The molecule has 15 heavy (non-hydrogen) atoms. The van der Waals surface area contributed by atoms with Crippen molar-refractivity contribution in [2.45, 2.75) is 38.1 Å². The molecule has 82 valence electrons. The van der Waals surface area contributed by atoms with Gasteiger partial charge in [0, 0.05) is 6.20 Å². The first-order valence-corrected chi connectivity index (χ1v) is 5.56. The third-order valence-corrected chi connectivity index (χ3v) is 3.26. The lowest BCUT2D eigenvalue weighted by molar-refractivity contribution is 0.213. The molecule has 0 radical (unpaired) electrons. The van der Waals surface area contributed by atoms with E-state index in [4.69, 9.17) is 0 Å². The maximum Gasteiger partial charge on any atom is 0.129 e. The predicted octanol–water partition coefficient (Wildman–Crippen LogP) is 2.11. The van der Waals surface area contributed by atoms with E-state index in [1.165, 1.54) is 12.8 Å². The van der Waals surface area contributed by atoms with Crippen LogP contribution in [0.2, 0.25) is 0 Å². The maximum atomic E-state index is 9.48. The molecule has 2 rings (SSSR count). The molecule has 0 spiro atoms. The number of anilines is 1. The molecule has 0 unspecified atom stereocenters. The second-order valence-electron chi connectivity index (χ2n) is 4.44. The Morgan fingerprint density at radius 1 is 1.47 bits per heavy atom. The quantitative estimate of drug-likeness (QED) is 0.796. The van der Waals surface area contributed by atoms with Gasteiger partial charge in [0.2, 0.25) is 0 Å². The first-order chi connectivity index (χ1) is 7.26. The number of aryl methyl sites for hydroxylation is 1. The number of aliphatic hydroxyl groups excluding tert-OH is 1. The van der Waals surface area contributed by atoms with Gasteiger partial charge in [-0.3, -0.25) is 0 Å². The number of pyridine rings is 1. The van der Waals surface area contributed by atoms with E-state index in [-0.39, 0.29) is 12.1 Å². The number of hydrogen-bond acceptors (Lipinski definition) is 3. The minimum absolute atomic E-state index is 0.126. The highest BCUT2D eigenvalue weighted by Gasteiger charge is 2.33. The van der Waals surface area contributed by atoms with Gasteiger partial charge in [-0.15, -0.1) is 0 Å². The summed E-state index contributed by atoms with van der Waals surface area (Å²) in [7, 11) is 0. The van der Waals surface area contributed by atoms with Crippen LogP contribution in [-0.2, 0) is 0 Å². The molecule has 0 atom stereocenters. The van der Waals surface area contributed by atoms with Gasteiger partial charge in [0.1, 0.15) is 5.82 Å². The molecule has 1 heterocycles. The number of hydrogen-bond donors (Lipinski definition) is 2. The Morgan fingerprint density at radius 2 is 2.20 bits per heavy atom. The van der Waals surface area contributed by atoms with Crippen LogP contribution in [0.5, 0.6) is 0 Å². The molecule has 0 bridgehead atoms. The van der Waals surface area contributed by atoms with Crippen molar-refractivity contribution in [3.05, 3.63) is 23.9 Å². The van der Waals surface area contributed by atoms with E-state index >= 15 is 0 Å². The van der Waals surface area contributed by atoms with E-state index in [9.17, 15) is 5.11 Å². The summed E-state index contributed by atoms with van der Waals surface area (Å²) in [5.41, 5.74) is 1.01. The van der Waals surface area contributed by atoms with Crippen LogP contribution in [-0.4, -0.2) is 22.2 Å². The van der Waals surface area contributed by atoms with Crippen LogP contribution in [0.4, 0.5) is 5.82 Å². The highest BCUT2D eigenvalue weighted by Crippen LogP contribution is 2.32. The van der Waals surface area contributed by atoms with Gasteiger partial charge in [0.15, 0.2) is 0 Å². The molecule has 1 aliphatic carbocycles. The zero-order chi connectivity index (χ0) is 10.7. The summed E-state index contributed by atoms with van der Waals surface area (Å²) in [5.74, 6) is 0.911. The average Bonchev–Trinajstić information content (AvgIpc) is 2.71. The summed E-state index contributed by atoms with van der Waals surface area (Å²) in [5, 5.41) is 12.9. The second-order valence-corrected chi connectivity index (χ2v) is 4.44. The maximum absolute atomic E-state index is 9.48. The standard InChI is InChI=1S/C12H18N2O/c1-10-5-4-8-13-11(10)14-12(9-15)6-2-3-7-12/h4-5,8,15H,2-3,6-7,9H2,1H3,(H,13,14). The molecule has 3 nitrogen and oxygen atoms in total. The van der Waals surface area contributed by atoms with E-state index in [0.717, 1.165) is 24.2 Å². The predicted molar refractivity (Wildman–Crippen MR) is 60.9 cm³/mol. The van der Waals surface area contributed by atoms with Crippen molar-refractivity contribution in [3.63, 3.8) is 0 Å². The van der Waals surface area contributed by atoms with E-state index in [2.05, 4.69) is 10.3 Å². The van der Waals surface area contributed by atoms with Crippen molar-refractivity contribution in [3.8, 4) is 0 Å². The van der Waals surface area contributed by atoms with Gasteiger partial charge in [-0.05, 0) is 31.4 Å². The summed E-state index contributed by atoms with van der Waals surface area (Å²) >= 11 is 0. The minimum atomic E-state index is -0.126. The number of aromatic nitrogens is 1. The van der Waals surface area contributed by atoms with Gasteiger partial charge in [0.25, 0.3) is 0 Å². The molecule has 1 saturated carbocycles. The third kappa shape index (κ3) is 2.12. The Morgan fingerprint density at radius 3 is 2.80 bits per heavy atom. The topological polar surface area (TPSA) is 45.2 Å². The van der Waals surface area contributed by atoms with E-state index in [0.29, 0.717) is 0 Å². The van der Waals surface area contributed by atoms with E-state index < -0.39 is 0 Å². The lowest BCUT2D eigenvalue weighted by Gasteiger charge is -2.29. The first kappa shape index (κ1) is 10.4. The molecule has 0 amide bonds. The second kappa shape index (κ2) is 4.19. The summed E-state index contributed by atoms with van der Waals surface area (Å²) in [6.07, 6.45) is 6.26. The molecule has 1 aromatic heterocycles. The Bertz CT molecular complexity index is 332. The van der Waals surface area contributed by atoms with Crippen LogP contribution in [0.3, 0.4) is 0 Å². The monoisotopic (exact) mass is 206 g/mol. The Labute approximate surface area is 90.5 Å². The van der Waals surface area contributed by atoms with Gasteiger partial charge >= 0.3 is 0 Å². The van der Waals surface area contributed by atoms with Crippen LogP contribution < -0.4 is 5.32 Å². The van der Waals surface area contributed by atoms with Crippen LogP contribution >= 0.6 is 0 Å². The van der Waals surface area contributed by atoms with Crippen molar-refractivity contribution in [1.82, 2.24) is 4.98 Å². The van der Waals surface area contributed by atoms with Crippen molar-refractivity contribution in [2.75, 3.05) is 11.9 Å². The average molecular weight is 206 g/mol. The molecular formula is C12H18N2O. The molecule has 2 N–H and O–H groups in total. The number of rotatable bonds is 3. The number of nitrogens with one attached hydrogen (secondary N) is 1. The third-order valence-electron chi connectivity index (χ3n) is 3.26. The smallest absolute Gasteiger partial charge is 0.129 e. The zero-order valence-corrected chi connectivity index (χ0v) is 9.16. The van der Waals surface area contributed by atoms with Crippen LogP contribution in [0.1, 0.15) is 31.2 Å². The molecular weight excluding hydrogens is 188 g/mol. The first-order valence-electron chi connectivity index (χ1n) is 5.56. The molecule has 1 fully saturated rings. The molecule has 1 aliphatic rings. The van der Waals surface area contributed by atoms with Crippen LogP contribution in [0.25, 0.3) is 0 Å². The Hall–Kier alpha value is -1.09. The van der Waals surface area contributed by atoms with Crippen molar-refractivity contribution in [1.29, 1.82) is 0 Å². The molecule has 3 heteroatoms. The lowest BCUT2D eigenvalue weighted by Crippen LogP contribution is -2.39. The van der Waals surface area contributed by atoms with Gasteiger partial charge in [-0.2, -0.15) is 0 Å². The SMILES string of the molecule is Cc1cccnc1NC1(CO)CCCC1. The molecule has 0 aliphatic heterocycles. The largest absolute Gasteiger partial charge is 0.394 e. The summed E-state index contributed by atoms with van der Waals surface area (Å²) in [6.45, 7) is 2.23. The number of nitrogens with zero attached hydrogens (tertiary/aromatic N) is 1. The fourth-order valence-electron chi connectivity index (χ4n) is 2.24. The van der Waals surface area contributed by atoms with Crippen molar-refractivity contribution in [2.24, 2.45) is 0 Å². The number of aliphatic hydroxyl groups is 1. The lowest BCUT2D eigenvalue weighted by atomic mass is 9.98. The van der Waals surface area contributed by atoms with E-state index in [1.807, 2.05) is 19.1 Å². The van der Waals surface area contributed by atoms with Gasteiger partial charge in [-0.1, -0.05) is 18.9 Å². The summed E-state index contributed by atoms with van der Waals surface area (Å²) in [6, 6.07) is 3.97. The molecule has 1 aromatic rings. The summed E-state index contributed by atoms with van der Waals surface area (Å²) in [4.78, 5) is 4.31. The summed E-state index contributed by atoms with van der Waals surface area (Å²) < 4.78 is 0. The fraction of sp³-hybridized carbons (Fsp3) is 0.583. The zero-order valence-electron chi connectivity index (χ0n) is 9.16.